The van der Waals surface area contributed by atoms with E-state index in [0.717, 1.165) is 29.0 Å². The van der Waals surface area contributed by atoms with Crippen LogP contribution in [0.15, 0.2) is 42.6 Å². The maximum Gasteiger partial charge on any atom is 0.586 e. The first-order valence-corrected chi connectivity index (χ1v) is 11.6. The standard InChI is InChI=1S/C25H24F2N4O6/c1-15-2-3-17(29-24(33)19-13-20-21(14-28-19)37-25(26,27)36-20)12-18(15)16-10-22(31-4-7-34-8-5-31)30-23(11-16)35-9-6-32/h2-3,10-14,32H,4-9H2,1H3,(H,29,33). The van der Waals surface area contributed by atoms with Gasteiger partial charge in [-0.15, -0.1) is 8.78 Å². The summed E-state index contributed by atoms with van der Waals surface area (Å²) in [5.41, 5.74) is 2.93. The van der Waals surface area contributed by atoms with Crippen LogP contribution in [0.4, 0.5) is 20.3 Å². The maximum absolute atomic E-state index is 13.3. The van der Waals surface area contributed by atoms with Crippen molar-refractivity contribution >= 4 is 17.4 Å². The number of ether oxygens (including phenoxy) is 4. The number of halogens is 2. The smallest absolute Gasteiger partial charge is 0.475 e. The molecule has 0 aliphatic carbocycles. The number of rotatable bonds is 7. The Kier molecular flexibility index (Phi) is 6.76. The van der Waals surface area contributed by atoms with Gasteiger partial charge in [-0.1, -0.05) is 6.07 Å². The maximum atomic E-state index is 13.3. The summed E-state index contributed by atoms with van der Waals surface area (Å²) in [5.74, 6) is -0.0379. The molecule has 1 saturated heterocycles. The zero-order valence-corrected chi connectivity index (χ0v) is 19.9. The van der Waals surface area contributed by atoms with E-state index in [4.69, 9.17) is 9.47 Å². The molecule has 2 aromatic heterocycles. The number of nitrogens with one attached hydrogen (secondary N) is 1. The topological polar surface area (TPSA) is 115 Å². The fourth-order valence-corrected chi connectivity index (χ4v) is 4.01. The van der Waals surface area contributed by atoms with E-state index in [9.17, 15) is 18.7 Å². The number of aryl methyl sites for hydroxylation is 1. The third kappa shape index (κ3) is 5.54. The van der Waals surface area contributed by atoms with Crippen LogP contribution in [-0.2, 0) is 4.74 Å². The first-order chi connectivity index (χ1) is 17.8. The van der Waals surface area contributed by atoms with Crippen molar-refractivity contribution in [3.05, 3.63) is 53.9 Å². The lowest BCUT2D eigenvalue weighted by Crippen LogP contribution is -2.36. The van der Waals surface area contributed by atoms with Crippen molar-refractivity contribution in [2.75, 3.05) is 49.7 Å². The summed E-state index contributed by atoms with van der Waals surface area (Å²) in [5, 5.41) is 11.9. The highest BCUT2D eigenvalue weighted by Gasteiger charge is 2.44. The molecule has 1 aromatic carbocycles. The van der Waals surface area contributed by atoms with E-state index in [1.54, 1.807) is 18.2 Å². The number of carbonyl (C=O) groups is 1. The summed E-state index contributed by atoms with van der Waals surface area (Å²) in [7, 11) is 0. The molecular formula is C25H24F2N4O6. The van der Waals surface area contributed by atoms with Gasteiger partial charge in [0.05, 0.1) is 26.0 Å². The fourth-order valence-electron chi connectivity index (χ4n) is 4.01. The van der Waals surface area contributed by atoms with Crippen molar-refractivity contribution in [3.8, 4) is 28.5 Å². The number of carbonyl (C=O) groups excluding carboxylic acids is 1. The Bertz CT molecular complexity index is 1320. The van der Waals surface area contributed by atoms with E-state index in [0.29, 0.717) is 43.7 Å². The van der Waals surface area contributed by atoms with E-state index in [1.807, 2.05) is 19.1 Å². The van der Waals surface area contributed by atoms with Gasteiger partial charge < -0.3 is 34.3 Å². The van der Waals surface area contributed by atoms with Gasteiger partial charge in [0.25, 0.3) is 5.91 Å². The molecule has 1 fully saturated rings. The third-order valence-corrected chi connectivity index (χ3v) is 5.79. The van der Waals surface area contributed by atoms with Gasteiger partial charge >= 0.3 is 6.29 Å². The van der Waals surface area contributed by atoms with Crippen LogP contribution in [0.2, 0.25) is 0 Å². The van der Waals surface area contributed by atoms with E-state index in [-0.39, 0.29) is 30.4 Å². The van der Waals surface area contributed by atoms with Gasteiger partial charge in [0.1, 0.15) is 18.1 Å². The molecule has 12 heteroatoms. The number of hydrogen-bond acceptors (Lipinski definition) is 9. The predicted molar refractivity (Wildman–Crippen MR) is 128 cm³/mol. The monoisotopic (exact) mass is 514 g/mol. The number of anilines is 2. The second-order valence-corrected chi connectivity index (χ2v) is 8.39. The Morgan fingerprint density at radius 2 is 1.95 bits per heavy atom. The predicted octanol–water partition coefficient (Wildman–Crippen LogP) is 3.23. The number of nitrogens with zero attached hydrogens (tertiary/aromatic N) is 3. The van der Waals surface area contributed by atoms with Crippen molar-refractivity contribution < 1.29 is 37.6 Å². The lowest BCUT2D eigenvalue weighted by Gasteiger charge is -2.28. The molecule has 0 radical (unpaired) electrons. The second-order valence-electron chi connectivity index (χ2n) is 8.39. The van der Waals surface area contributed by atoms with Crippen molar-refractivity contribution in [1.29, 1.82) is 0 Å². The van der Waals surface area contributed by atoms with Crippen molar-refractivity contribution in [2.24, 2.45) is 0 Å². The minimum absolute atomic E-state index is 0.0998. The normalized spacial score (nSPS) is 15.9. The van der Waals surface area contributed by atoms with Crippen molar-refractivity contribution in [2.45, 2.75) is 13.2 Å². The Morgan fingerprint density at radius 1 is 1.16 bits per heavy atom. The molecule has 37 heavy (non-hydrogen) atoms. The molecule has 3 aromatic rings. The van der Waals surface area contributed by atoms with Gasteiger partial charge in [-0.2, -0.15) is 4.98 Å². The molecule has 4 heterocycles. The van der Waals surface area contributed by atoms with Gasteiger partial charge in [-0.25, -0.2) is 4.98 Å². The minimum Gasteiger partial charge on any atom is -0.475 e. The number of aromatic nitrogens is 2. The van der Waals surface area contributed by atoms with Crippen LogP contribution in [0.3, 0.4) is 0 Å². The van der Waals surface area contributed by atoms with E-state index in [1.165, 1.54) is 0 Å². The molecule has 0 spiro atoms. The molecule has 194 valence electrons. The van der Waals surface area contributed by atoms with E-state index < -0.39 is 12.2 Å². The minimum atomic E-state index is -3.80. The number of benzene rings is 1. The summed E-state index contributed by atoms with van der Waals surface area (Å²) in [6.45, 7) is 4.42. The molecule has 0 atom stereocenters. The van der Waals surface area contributed by atoms with Gasteiger partial charge in [0, 0.05) is 30.9 Å². The van der Waals surface area contributed by atoms with Crippen LogP contribution in [0.1, 0.15) is 16.1 Å². The molecule has 2 aliphatic rings. The van der Waals surface area contributed by atoms with Crippen LogP contribution in [0.5, 0.6) is 17.4 Å². The SMILES string of the molecule is Cc1ccc(NC(=O)c2cc3c(cn2)OC(F)(F)O3)cc1-c1cc(OCCO)nc(N2CCOCC2)c1. The lowest BCUT2D eigenvalue weighted by molar-refractivity contribution is -0.286. The first kappa shape index (κ1) is 24.7. The van der Waals surface area contributed by atoms with Crippen molar-refractivity contribution in [3.63, 3.8) is 0 Å². The highest BCUT2D eigenvalue weighted by molar-refractivity contribution is 6.03. The highest BCUT2D eigenvalue weighted by atomic mass is 19.3. The van der Waals surface area contributed by atoms with Gasteiger partial charge in [-0.05, 0) is 41.8 Å². The largest absolute Gasteiger partial charge is 0.586 e. The number of morpholine rings is 1. The molecule has 0 bridgehead atoms. The third-order valence-electron chi connectivity index (χ3n) is 5.79. The van der Waals surface area contributed by atoms with E-state index >= 15 is 0 Å². The Balaban J connectivity index is 1.42. The molecule has 1 amide bonds. The zero-order chi connectivity index (χ0) is 26.0. The highest BCUT2D eigenvalue weighted by Crippen LogP contribution is 2.40. The van der Waals surface area contributed by atoms with Crippen LogP contribution >= 0.6 is 0 Å². The molecule has 2 N–H and O–H groups in total. The molecule has 0 unspecified atom stereocenters. The molecule has 2 aliphatic heterocycles. The Morgan fingerprint density at radius 3 is 2.73 bits per heavy atom. The quantitative estimate of drug-likeness (QED) is 0.490. The van der Waals surface area contributed by atoms with Gasteiger partial charge in [-0.3, -0.25) is 4.79 Å². The first-order valence-electron chi connectivity index (χ1n) is 11.6. The average molecular weight is 514 g/mol. The summed E-state index contributed by atoms with van der Waals surface area (Å²) >= 11 is 0. The number of hydrogen-bond donors (Lipinski definition) is 2. The summed E-state index contributed by atoms with van der Waals surface area (Å²) in [6, 6.07) is 10.2. The Labute approximate surface area is 210 Å². The Hall–Kier alpha value is -4.03. The molecule has 5 rings (SSSR count). The number of aliphatic hydroxyl groups is 1. The lowest BCUT2D eigenvalue weighted by atomic mass is 10.00. The van der Waals surface area contributed by atoms with Crippen LogP contribution in [0.25, 0.3) is 11.1 Å². The number of amides is 1. The second kappa shape index (κ2) is 10.1. The van der Waals surface area contributed by atoms with Crippen LogP contribution in [-0.4, -0.2) is 66.8 Å². The molecule has 10 nitrogen and oxygen atoms in total. The van der Waals surface area contributed by atoms with Crippen molar-refractivity contribution in [1.82, 2.24) is 9.97 Å². The number of alkyl halides is 2. The number of pyridine rings is 2. The number of fused-ring (bicyclic) bond motifs is 1. The number of aliphatic hydroxyl groups excluding tert-OH is 1. The van der Waals surface area contributed by atoms with Crippen LogP contribution in [0, 0.1) is 6.92 Å². The molecule has 0 saturated carbocycles. The summed E-state index contributed by atoms with van der Waals surface area (Å²) in [6.07, 6.45) is -2.78. The van der Waals surface area contributed by atoms with Gasteiger partial charge in [0.15, 0.2) is 11.5 Å². The average Bonchev–Trinajstić information content (AvgIpc) is 3.21. The zero-order valence-electron chi connectivity index (χ0n) is 19.9. The molecular weight excluding hydrogens is 490 g/mol. The summed E-state index contributed by atoms with van der Waals surface area (Å²) in [4.78, 5) is 23.4. The fraction of sp³-hybridized carbons (Fsp3) is 0.320. The van der Waals surface area contributed by atoms with Crippen LogP contribution < -0.4 is 24.4 Å². The van der Waals surface area contributed by atoms with E-state index in [2.05, 4.69) is 29.7 Å². The summed E-state index contributed by atoms with van der Waals surface area (Å²) < 4.78 is 46.4. The van der Waals surface area contributed by atoms with Gasteiger partial charge in [0.2, 0.25) is 5.88 Å².